The molecule has 0 bridgehead atoms. The highest BCUT2D eigenvalue weighted by molar-refractivity contribution is 5.91. The van der Waals surface area contributed by atoms with Gasteiger partial charge < -0.3 is 9.73 Å². The van der Waals surface area contributed by atoms with Crippen LogP contribution in [-0.4, -0.2) is 21.7 Å². The molecule has 120 valence electrons. The lowest BCUT2D eigenvalue weighted by Crippen LogP contribution is -2.08. The fourth-order valence-corrected chi connectivity index (χ4v) is 2.23. The Labute approximate surface area is 129 Å². The van der Waals surface area contributed by atoms with Gasteiger partial charge in [-0.2, -0.15) is 18.3 Å². The zero-order chi connectivity index (χ0) is 16.4. The van der Waals surface area contributed by atoms with Crippen LogP contribution in [0, 0.1) is 6.92 Å². The summed E-state index contributed by atoms with van der Waals surface area (Å²) in [7, 11) is 0. The Morgan fingerprint density at radius 1 is 1.39 bits per heavy atom. The minimum absolute atomic E-state index is 0.0606. The van der Waals surface area contributed by atoms with Crippen molar-refractivity contribution in [2.45, 2.75) is 13.1 Å². The van der Waals surface area contributed by atoms with Gasteiger partial charge in [0.2, 0.25) is 0 Å². The molecule has 0 saturated carbocycles. The maximum Gasteiger partial charge on any atom is 0.417 e. The van der Waals surface area contributed by atoms with Crippen molar-refractivity contribution in [1.82, 2.24) is 15.2 Å². The highest BCUT2D eigenvalue weighted by Gasteiger charge is 2.35. The summed E-state index contributed by atoms with van der Waals surface area (Å²) >= 11 is 0. The highest BCUT2D eigenvalue weighted by Crippen LogP contribution is 2.37. The van der Waals surface area contributed by atoms with E-state index in [2.05, 4.69) is 20.5 Å². The molecule has 3 heterocycles. The molecule has 0 fully saturated rings. The van der Waals surface area contributed by atoms with Crippen molar-refractivity contribution >= 4 is 22.9 Å². The molecule has 2 N–H and O–H groups in total. The molecule has 0 aliphatic rings. The minimum atomic E-state index is -4.48. The maximum absolute atomic E-state index is 13.2. The fraction of sp³-hybridized carbons (Fsp3) is 0.200. The highest BCUT2D eigenvalue weighted by atomic mass is 19.4. The van der Waals surface area contributed by atoms with Gasteiger partial charge in [0.15, 0.2) is 11.5 Å². The number of hydrogen-bond acceptors (Lipinski definition) is 4. The summed E-state index contributed by atoms with van der Waals surface area (Å²) < 4.78 is 44.7. The molecule has 0 aromatic carbocycles. The molecule has 3 rings (SSSR count). The lowest BCUT2D eigenvalue weighted by atomic mass is 10.1. The molecule has 0 radical (unpaired) electrons. The lowest BCUT2D eigenvalue weighted by molar-refractivity contribution is -0.136. The van der Waals surface area contributed by atoms with Crippen LogP contribution in [0.3, 0.4) is 0 Å². The van der Waals surface area contributed by atoms with Crippen LogP contribution in [0.1, 0.15) is 17.0 Å². The van der Waals surface area contributed by atoms with Crippen LogP contribution >= 0.6 is 0 Å². The van der Waals surface area contributed by atoms with Crippen molar-refractivity contribution in [3.8, 4) is 0 Å². The second-order valence-electron chi connectivity index (χ2n) is 4.90. The summed E-state index contributed by atoms with van der Waals surface area (Å²) in [5.74, 6) is 0.774. The molecule has 0 atom stereocenters. The van der Waals surface area contributed by atoms with E-state index in [1.165, 1.54) is 13.2 Å². The number of fused-ring (bicyclic) bond motifs is 1. The predicted molar refractivity (Wildman–Crippen MR) is 79.9 cm³/mol. The second kappa shape index (κ2) is 5.79. The molecule has 3 aromatic rings. The van der Waals surface area contributed by atoms with Crippen LogP contribution in [-0.2, 0) is 6.18 Å². The molecular formula is C15H13F3N4O. The lowest BCUT2D eigenvalue weighted by Gasteiger charge is -2.10. The van der Waals surface area contributed by atoms with Crippen LogP contribution in [0.4, 0.5) is 19.0 Å². The van der Waals surface area contributed by atoms with E-state index in [1.807, 2.05) is 0 Å². The number of alkyl halides is 3. The van der Waals surface area contributed by atoms with E-state index in [-0.39, 0.29) is 22.5 Å². The minimum Gasteiger partial charge on any atom is -0.465 e. The number of hydrogen-bond donors (Lipinski definition) is 2. The Hall–Kier alpha value is -2.77. The predicted octanol–water partition coefficient (Wildman–Crippen LogP) is 4.00. The van der Waals surface area contributed by atoms with E-state index < -0.39 is 11.7 Å². The number of furan rings is 1. The second-order valence-corrected chi connectivity index (χ2v) is 4.90. The van der Waals surface area contributed by atoms with E-state index in [1.54, 1.807) is 24.3 Å². The van der Waals surface area contributed by atoms with Gasteiger partial charge in [-0.3, -0.25) is 5.10 Å². The van der Waals surface area contributed by atoms with Crippen molar-refractivity contribution in [3.63, 3.8) is 0 Å². The largest absolute Gasteiger partial charge is 0.465 e. The number of nitrogens with zero attached hydrogens (tertiary/aromatic N) is 2. The van der Waals surface area contributed by atoms with E-state index in [0.717, 1.165) is 6.07 Å². The van der Waals surface area contributed by atoms with E-state index >= 15 is 0 Å². The third-order valence-electron chi connectivity index (χ3n) is 3.18. The molecular weight excluding hydrogens is 309 g/mol. The van der Waals surface area contributed by atoms with Gasteiger partial charge in [-0.1, -0.05) is 6.08 Å². The summed E-state index contributed by atoms with van der Waals surface area (Å²) in [5, 5.41) is 9.21. The summed E-state index contributed by atoms with van der Waals surface area (Å²) in [6, 6.07) is 4.54. The van der Waals surface area contributed by atoms with Gasteiger partial charge in [-0.25, -0.2) is 4.98 Å². The molecule has 0 saturated heterocycles. The molecule has 0 spiro atoms. The SMILES string of the molecule is Cc1cc(C(F)(F)F)c2c(NC/C=C/c3ccco3)n[nH]c2n1. The zero-order valence-electron chi connectivity index (χ0n) is 12.1. The molecule has 23 heavy (non-hydrogen) atoms. The van der Waals surface area contributed by atoms with Crippen LogP contribution in [0.25, 0.3) is 17.1 Å². The third-order valence-corrected chi connectivity index (χ3v) is 3.18. The summed E-state index contributed by atoms with van der Waals surface area (Å²) in [4.78, 5) is 4.05. The molecule has 8 heteroatoms. The van der Waals surface area contributed by atoms with E-state index in [9.17, 15) is 13.2 Å². The van der Waals surface area contributed by atoms with Crippen molar-refractivity contribution in [1.29, 1.82) is 0 Å². The van der Waals surface area contributed by atoms with Gasteiger partial charge in [0.25, 0.3) is 0 Å². The van der Waals surface area contributed by atoms with E-state index in [4.69, 9.17) is 4.42 Å². The Balaban J connectivity index is 1.86. The molecule has 0 aliphatic heterocycles. The average Bonchev–Trinajstić information content (AvgIpc) is 3.11. The Kier molecular flexibility index (Phi) is 3.81. The molecule has 5 nitrogen and oxygen atoms in total. The van der Waals surface area contributed by atoms with Crippen molar-refractivity contribution in [2.75, 3.05) is 11.9 Å². The summed E-state index contributed by atoms with van der Waals surface area (Å²) in [6.07, 6.45) is 0.511. The Morgan fingerprint density at radius 2 is 2.22 bits per heavy atom. The topological polar surface area (TPSA) is 66.7 Å². The number of H-pyrrole nitrogens is 1. The number of nitrogens with one attached hydrogen (secondary N) is 2. The fourth-order valence-electron chi connectivity index (χ4n) is 2.23. The van der Waals surface area contributed by atoms with Crippen LogP contribution < -0.4 is 5.32 Å². The number of anilines is 1. The van der Waals surface area contributed by atoms with Crippen LogP contribution in [0.2, 0.25) is 0 Å². The zero-order valence-corrected chi connectivity index (χ0v) is 12.1. The van der Waals surface area contributed by atoms with Gasteiger partial charge >= 0.3 is 6.18 Å². The summed E-state index contributed by atoms with van der Waals surface area (Å²) in [5.41, 5.74) is -0.376. The first kappa shape index (κ1) is 15.1. The normalized spacial score (nSPS) is 12.3. The van der Waals surface area contributed by atoms with Gasteiger partial charge in [0, 0.05) is 12.2 Å². The number of halogens is 3. The Morgan fingerprint density at radius 3 is 2.91 bits per heavy atom. The Bertz CT molecular complexity index is 834. The molecule has 0 aliphatic carbocycles. The van der Waals surface area contributed by atoms with Crippen LogP contribution in [0.5, 0.6) is 0 Å². The molecule has 0 unspecified atom stereocenters. The van der Waals surface area contributed by atoms with Gasteiger partial charge in [-0.05, 0) is 31.2 Å². The number of pyridine rings is 1. The number of aryl methyl sites for hydroxylation is 1. The van der Waals surface area contributed by atoms with Crippen molar-refractivity contribution in [3.05, 3.63) is 47.6 Å². The first-order valence-corrected chi connectivity index (χ1v) is 6.82. The van der Waals surface area contributed by atoms with Crippen molar-refractivity contribution < 1.29 is 17.6 Å². The first-order valence-electron chi connectivity index (χ1n) is 6.82. The monoisotopic (exact) mass is 322 g/mol. The standard InChI is InChI=1S/C15H13F3N4O/c1-9-8-11(15(16,17)18)12-13(21-22-14(12)20-9)19-6-2-4-10-5-3-7-23-10/h2-5,7-8H,6H2,1H3,(H2,19,20,21,22)/b4-2+. The average molecular weight is 322 g/mol. The number of rotatable bonds is 4. The third kappa shape index (κ3) is 3.20. The summed E-state index contributed by atoms with van der Waals surface area (Å²) in [6.45, 7) is 1.81. The smallest absolute Gasteiger partial charge is 0.417 e. The molecule has 3 aromatic heterocycles. The van der Waals surface area contributed by atoms with E-state index in [0.29, 0.717) is 12.3 Å². The molecule has 0 amide bonds. The first-order chi connectivity index (χ1) is 10.9. The quantitative estimate of drug-likeness (QED) is 0.762. The maximum atomic E-state index is 13.2. The van der Waals surface area contributed by atoms with Gasteiger partial charge in [-0.15, -0.1) is 0 Å². The van der Waals surface area contributed by atoms with Gasteiger partial charge in [0.1, 0.15) is 5.76 Å². The number of aromatic nitrogens is 3. The van der Waals surface area contributed by atoms with Crippen LogP contribution in [0.15, 0.2) is 35.0 Å². The van der Waals surface area contributed by atoms with Crippen molar-refractivity contribution in [2.24, 2.45) is 0 Å². The van der Waals surface area contributed by atoms with Gasteiger partial charge in [0.05, 0.1) is 17.2 Å². The number of aromatic amines is 1.